The second-order valence-corrected chi connectivity index (χ2v) is 6.67. The second kappa shape index (κ2) is 5.88. The van der Waals surface area contributed by atoms with Crippen molar-refractivity contribution in [1.82, 2.24) is 15.0 Å². The molecule has 0 radical (unpaired) electrons. The highest BCUT2D eigenvalue weighted by Crippen LogP contribution is 2.33. The van der Waals surface area contributed by atoms with E-state index in [9.17, 15) is 0 Å². The zero-order chi connectivity index (χ0) is 17.5. The molecule has 5 nitrogen and oxygen atoms in total. The Bertz CT molecular complexity index is 1090. The van der Waals surface area contributed by atoms with Crippen molar-refractivity contribution in [3.05, 3.63) is 72.3 Å². The maximum absolute atomic E-state index is 5.92. The van der Waals surface area contributed by atoms with Gasteiger partial charge in [0.1, 0.15) is 11.6 Å². The van der Waals surface area contributed by atoms with E-state index in [0.717, 1.165) is 51.4 Å². The lowest BCUT2D eigenvalue weighted by molar-refractivity contribution is 0.258. The first kappa shape index (κ1) is 15.0. The number of hydrogen-bond acceptors (Lipinski definition) is 4. The molecule has 0 spiro atoms. The van der Waals surface area contributed by atoms with Gasteiger partial charge in [-0.2, -0.15) is 0 Å². The number of nitrogens with one attached hydrogen (secondary N) is 1. The van der Waals surface area contributed by atoms with E-state index in [-0.39, 0.29) is 5.92 Å². The first-order valence-electron chi connectivity index (χ1n) is 8.67. The van der Waals surface area contributed by atoms with Crippen molar-refractivity contribution in [3.8, 4) is 16.9 Å². The molecule has 3 N–H and O–H groups in total. The van der Waals surface area contributed by atoms with Gasteiger partial charge >= 0.3 is 0 Å². The van der Waals surface area contributed by atoms with Gasteiger partial charge in [0, 0.05) is 18.1 Å². The summed E-state index contributed by atoms with van der Waals surface area (Å²) in [7, 11) is 0. The summed E-state index contributed by atoms with van der Waals surface area (Å²) in [6.45, 7) is 0.619. The summed E-state index contributed by atoms with van der Waals surface area (Å²) in [5.74, 6) is 2.08. The Morgan fingerprint density at radius 3 is 2.77 bits per heavy atom. The van der Waals surface area contributed by atoms with Crippen molar-refractivity contribution in [3.63, 3.8) is 0 Å². The lowest BCUT2D eigenvalue weighted by Crippen LogP contribution is -2.20. The molecule has 3 heterocycles. The number of hydrogen-bond donors (Lipinski definition) is 2. The number of imidazole rings is 1. The van der Waals surface area contributed by atoms with Gasteiger partial charge in [-0.3, -0.25) is 4.98 Å². The SMILES string of the molecule is Nc1ccc2c(c1)CC(c1nc3ccc(-c4ccncc4)cc3[nH]1)CO2. The van der Waals surface area contributed by atoms with Crippen molar-refractivity contribution >= 4 is 16.7 Å². The number of H-pyrrole nitrogens is 1. The van der Waals surface area contributed by atoms with Gasteiger partial charge in [0.25, 0.3) is 0 Å². The van der Waals surface area contributed by atoms with E-state index in [1.165, 1.54) is 0 Å². The minimum Gasteiger partial charge on any atom is -0.493 e. The highest BCUT2D eigenvalue weighted by atomic mass is 16.5. The fourth-order valence-electron chi connectivity index (χ4n) is 3.54. The van der Waals surface area contributed by atoms with E-state index in [4.69, 9.17) is 15.5 Å². The average Bonchev–Trinajstić information content (AvgIpc) is 3.11. The van der Waals surface area contributed by atoms with Crippen LogP contribution in [0.2, 0.25) is 0 Å². The van der Waals surface area contributed by atoms with Crippen molar-refractivity contribution in [2.75, 3.05) is 12.3 Å². The zero-order valence-corrected chi connectivity index (χ0v) is 14.1. The predicted molar refractivity (Wildman–Crippen MR) is 102 cm³/mol. The summed E-state index contributed by atoms with van der Waals surface area (Å²) < 4.78 is 5.91. The molecule has 1 atom stereocenters. The number of aromatic amines is 1. The topological polar surface area (TPSA) is 76.8 Å². The summed E-state index contributed by atoms with van der Waals surface area (Å²) in [4.78, 5) is 12.4. The van der Waals surface area contributed by atoms with Gasteiger partial charge in [-0.15, -0.1) is 0 Å². The van der Waals surface area contributed by atoms with Crippen molar-refractivity contribution in [2.24, 2.45) is 0 Å². The highest BCUT2D eigenvalue weighted by molar-refractivity contribution is 5.82. The molecular weight excluding hydrogens is 324 g/mol. The molecule has 0 saturated heterocycles. The van der Waals surface area contributed by atoms with Crippen LogP contribution in [0.4, 0.5) is 5.69 Å². The standard InChI is InChI=1S/C21H18N4O/c22-17-2-4-20-15(10-17)9-16(12-26-20)21-24-18-3-1-14(11-19(18)25-21)13-5-7-23-8-6-13/h1-8,10-11,16H,9,12,22H2,(H,24,25). The maximum atomic E-state index is 5.92. The first-order valence-corrected chi connectivity index (χ1v) is 8.67. The van der Waals surface area contributed by atoms with Crippen molar-refractivity contribution in [1.29, 1.82) is 0 Å². The molecule has 1 aliphatic heterocycles. The van der Waals surface area contributed by atoms with E-state index in [1.807, 2.05) is 30.3 Å². The molecule has 0 aliphatic carbocycles. The molecule has 5 rings (SSSR count). The molecule has 5 heteroatoms. The predicted octanol–water partition coefficient (Wildman–Crippen LogP) is 3.93. The number of rotatable bonds is 2. The van der Waals surface area contributed by atoms with Gasteiger partial charge in [0.05, 0.1) is 23.6 Å². The van der Waals surface area contributed by atoms with E-state index >= 15 is 0 Å². The molecule has 4 aromatic rings. The first-order chi connectivity index (χ1) is 12.8. The van der Waals surface area contributed by atoms with Gasteiger partial charge < -0.3 is 15.5 Å². The smallest absolute Gasteiger partial charge is 0.122 e. The average molecular weight is 342 g/mol. The summed E-state index contributed by atoms with van der Waals surface area (Å²) in [6.07, 6.45) is 4.48. The second-order valence-electron chi connectivity index (χ2n) is 6.67. The third-order valence-electron chi connectivity index (χ3n) is 4.89. The molecule has 0 bridgehead atoms. The fourth-order valence-corrected chi connectivity index (χ4v) is 3.54. The van der Waals surface area contributed by atoms with Crippen LogP contribution in [-0.4, -0.2) is 21.6 Å². The lowest BCUT2D eigenvalue weighted by Gasteiger charge is -2.24. The van der Waals surface area contributed by atoms with Crippen LogP contribution < -0.4 is 10.5 Å². The van der Waals surface area contributed by atoms with Crippen LogP contribution in [0, 0.1) is 0 Å². The third kappa shape index (κ3) is 2.58. The lowest BCUT2D eigenvalue weighted by atomic mass is 9.96. The van der Waals surface area contributed by atoms with Gasteiger partial charge in [-0.05, 0) is 65.6 Å². The number of fused-ring (bicyclic) bond motifs is 2. The zero-order valence-electron chi connectivity index (χ0n) is 14.1. The van der Waals surface area contributed by atoms with Gasteiger partial charge in [0.15, 0.2) is 0 Å². The minimum atomic E-state index is 0.195. The van der Waals surface area contributed by atoms with Crippen LogP contribution in [0.1, 0.15) is 17.3 Å². The van der Waals surface area contributed by atoms with Crippen LogP contribution in [0.5, 0.6) is 5.75 Å². The van der Waals surface area contributed by atoms with E-state index in [2.05, 4.69) is 28.2 Å². The van der Waals surface area contributed by atoms with Crippen LogP contribution in [0.15, 0.2) is 60.9 Å². The number of pyridine rings is 1. The van der Waals surface area contributed by atoms with Crippen LogP contribution in [-0.2, 0) is 6.42 Å². The number of nitrogens with two attached hydrogens (primary N) is 1. The molecule has 26 heavy (non-hydrogen) atoms. The quantitative estimate of drug-likeness (QED) is 0.541. The van der Waals surface area contributed by atoms with Crippen molar-refractivity contribution < 1.29 is 4.74 Å². The Labute approximate surface area is 150 Å². The number of aromatic nitrogens is 3. The molecule has 0 fully saturated rings. The molecule has 2 aromatic carbocycles. The Kier molecular flexibility index (Phi) is 3.38. The fraction of sp³-hybridized carbons (Fsp3) is 0.143. The molecule has 1 aliphatic rings. The summed E-state index contributed by atoms with van der Waals surface area (Å²) >= 11 is 0. The Morgan fingerprint density at radius 1 is 1.00 bits per heavy atom. The third-order valence-corrected chi connectivity index (χ3v) is 4.89. The van der Waals surface area contributed by atoms with E-state index < -0.39 is 0 Å². The largest absolute Gasteiger partial charge is 0.493 e. The molecule has 0 amide bonds. The van der Waals surface area contributed by atoms with Crippen molar-refractivity contribution in [2.45, 2.75) is 12.3 Å². The van der Waals surface area contributed by atoms with E-state index in [0.29, 0.717) is 6.61 Å². The normalized spacial score (nSPS) is 16.2. The number of ether oxygens (including phenoxy) is 1. The highest BCUT2D eigenvalue weighted by Gasteiger charge is 2.24. The molecule has 0 saturated carbocycles. The summed E-state index contributed by atoms with van der Waals surface area (Å²) in [5, 5.41) is 0. The number of nitrogen functional groups attached to an aromatic ring is 1. The van der Waals surface area contributed by atoms with Gasteiger partial charge in [-0.1, -0.05) is 6.07 Å². The molecule has 128 valence electrons. The Morgan fingerprint density at radius 2 is 1.88 bits per heavy atom. The molecular formula is C21H18N4O. The van der Waals surface area contributed by atoms with Crippen LogP contribution in [0.3, 0.4) is 0 Å². The maximum Gasteiger partial charge on any atom is 0.122 e. The number of nitrogens with zero attached hydrogens (tertiary/aromatic N) is 2. The minimum absolute atomic E-state index is 0.195. The van der Waals surface area contributed by atoms with Gasteiger partial charge in [0.2, 0.25) is 0 Å². The summed E-state index contributed by atoms with van der Waals surface area (Å²) in [6, 6.07) is 16.1. The molecule has 2 aromatic heterocycles. The Balaban J connectivity index is 1.48. The monoisotopic (exact) mass is 342 g/mol. The van der Waals surface area contributed by atoms with Crippen LogP contribution >= 0.6 is 0 Å². The Hall–Kier alpha value is -3.34. The molecule has 1 unspecified atom stereocenters. The van der Waals surface area contributed by atoms with Crippen LogP contribution in [0.25, 0.3) is 22.2 Å². The van der Waals surface area contributed by atoms with E-state index in [1.54, 1.807) is 12.4 Å². The summed E-state index contributed by atoms with van der Waals surface area (Å²) in [5.41, 5.74) is 12.1. The number of anilines is 1. The number of benzene rings is 2. The van der Waals surface area contributed by atoms with Gasteiger partial charge in [-0.25, -0.2) is 4.98 Å².